The van der Waals surface area contributed by atoms with Crippen molar-refractivity contribution in [3.63, 3.8) is 0 Å². The first-order valence-corrected chi connectivity index (χ1v) is 8.67. The summed E-state index contributed by atoms with van der Waals surface area (Å²) in [6.45, 7) is 4.96. The molecule has 2 fully saturated rings. The third-order valence-corrected chi connectivity index (χ3v) is 4.94. The molecule has 0 spiro atoms. The average Bonchev–Trinajstić information content (AvgIpc) is 3.28. The predicted octanol–water partition coefficient (Wildman–Crippen LogP) is 3.09. The number of benzene rings is 1. The molecule has 0 N–H and O–H groups in total. The molecular weight excluding hydrogens is 309 g/mol. The molecule has 1 aromatic carbocycles. The summed E-state index contributed by atoms with van der Waals surface area (Å²) in [6, 6.07) is 6.18. The van der Waals surface area contributed by atoms with Gasteiger partial charge in [-0.3, -0.25) is 0 Å². The Morgan fingerprint density at radius 3 is 2.88 bits per heavy atom. The SMILES string of the molecule is Fc1ccc(-c2noc([C@H]3CCCN(C[C@H]4CCOC4)C3)n2)cc1. The van der Waals surface area contributed by atoms with Gasteiger partial charge in [-0.2, -0.15) is 4.98 Å². The van der Waals surface area contributed by atoms with E-state index >= 15 is 0 Å². The largest absolute Gasteiger partial charge is 0.381 e. The fourth-order valence-corrected chi connectivity index (χ4v) is 3.63. The normalized spacial score (nSPS) is 25.2. The number of piperidine rings is 1. The predicted molar refractivity (Wildman–Crippen MR) is 87.0 cm³/mol. The monoisotopic (exact) mass is 331 g/mol. The lowest BCUT2D eigenvalue weighted by molar-refractivity contribution is 0.143. The van der Waals surface area contributed by atoms with Gasteiger partial charge in [0.2, 0.25) is 11.7 Å². The smallest absolute Gasteiger partial charge is 0.231 e. The van der Waals surface area contributed by atoms with Crippen LogP contribution in [0.1, 0.15) is 31.1 Å². The van der Waals surface area contributed by atoms with E-state index in [2.05, 4.69) is 15.0 Å². The third-order valence-electron chi connectivity index (χ3n) is 4.94. The molecule has 2 aliphatic rings. The zero-order chi connectivity index (χ0) is 16.4. The standard InChI is InChI=1S/C18H22FN3O2/c19-16-5-3-14(4-6-16)17-20-18(24-21-17)15-2-1-8-22(11-15)10-13-7-9-23-12-13/h3-6,13,15H,1-2,7-12H2/t13-,15+/m1/s1. The van der Waals surface area contributed by atoms with Gasteiger partial charge in [0, 0.05) is 25.3 Å². The highest BCUT2D eigenvalue weighted by Gasteiger charge is 2.28. The number of likely N-dealkylation sites (tertiary alicyclic amines) is 1. The van der Waals surface area contributed by atoms with Gasteiger partial charge in [0.15, 0.2) is 0 Å². The van der Waals surface area contributed by atoms with E-state index in [1.165, 1.54) is 12.1 Å². The highest BCUT2D eigenvalue weighted by atomic mass is 19.1. The van der Waals surface area contributed by atoms with Gasteiger partial charge in [-0.1, -0.05) is 5.16 Å². The first-order valence-electron chi connectivity index (χ1n) is 8.67. The molecule has 1 aromatic heterocycles. The molecule has 3 heterocycles. The topological polar surface area (TPSA) is 51.4 Å². The molecule has 2 saturated heterocycles. The van der Waals surface area contributed by atoms with Crippen LogP contribution >= 0.6 is 0 Å². The van der Waals surface area contributed by atoms with Crippen molar-refractivity contribution in [1.29, 1.82) is 0 Å². The lowest BCUT2D eigenvalue weighted by Crippen LogP contribution is -2.38. The lowest BCUT2D eigenvalue weighted by Gasteiger charge is -2.32. The molecule has 2 aromatic rings. The highest BCUT2D eigenvalue weighted by molar-refractivity contribution is 5.53. The molecule has 2 atom stereocenters. The van der Waals surface area contributed by atoms with Crippen LogP contribution in [0.4, 0.5) is 4.39 Å². The van der Waals surface area contributed by atoms with E-state index in [1.54, 1.807) is 12.1 Å². The molecule has 6 heteroatoms. The molecule has 0 bridgehead atoms. The number of hydrogen-bond donors (Lipinski definition) is 0. The second-order valence-corrected chi connectivity index (χ2v) is 6.79. The van der Waals surface area contributed by atoms with Crippen molar-refractivity contribution in [2.24, 2.45) is 5.92 Å². The van der Waals surface area contributed by atoms with Crippen molar-refractivity contribution >= 4 is 0 Å². The minimum Gasteiger partial charge on any atom is -0.381 e. The summed E-state index contributed by atoms with van der Waals surface area (Å²) in [6.07, 6.45) is 3.38. The summed E-state index contributed by atoms with van der Waals surface area (Å²) in [7, 11) is 0. The molecule has 0 unspecified atom stereocenters. The molecule has 2 aliphatic heterocycles. The molecular formula is C18H22FN3O2. The van der Waals surface area contributed by atoms with Crippen molar-refractivity contribution in [2.45, 2.75) is 25.2 Å². The number of hydrogen-bond acceptors (Lipinski definition) is 5. The van der Waals surface area contributed by atoms with Crippen LogP contribution in [-0.2, 0) is 4.74 Å². The first kappa shape index (κ1) is 15.7. The van der Waals surface area contributed by atoms with Gasteiger partial charge < -0.3 is 14.2 Å². The Labute approximate surface area is 140 Å². The van der Waals surface area contributed by atoms with Crippen LogP contribution in [0, 0.1) is 11.7 Å². The molecule has 24 heavy (non-hydrogen) atoms. The summed E-state index contributed by atoms with van der Waals surface area (Å²) in [5.74, 6) is 1.90. The molecule has 0 saturated carbocycles. The maximum absolute atomic E-state index is 13.0. The maximum Gasteiger partial charge on any atom is 0.231 e. The van der Waals surface area contributed by atoms with Gasteiger partial charge in [-0.15, -0.1) is 0 Å². The van der Waals surface area contributed by atoms with E-state index in [1.807, 2.05) is 0 Å². The Morgan fingerprint density at radius 1 is 1.21 bits per heavy atom. The number of rotatable bonds is 4. The van der Waals surface area contributed by atoms with E-state index in [0.717, 1.165) is 57.7 Å². The highest BCUT2D eigenvalue weighted by Crippen LogP contribution is 2.28. The Kier molecular flexibility index (Phi) is 4.58. The number of halogens is 1. The van der Waals surface area contributed by atoms with Gasteiger partial charge in [-0.25, -0.2) is 4.39 Å². The molecule has 0 amide bonds. The summed E-state index contributed by atoms with van der Waals surface area (Å²) < 4.78 is 24.0. The summed E-state index contributed by atoms with van der Waals surface area (Å²) in [5.41, 5.74) is 0.780. The van der Waals surface area contributed by atoms with Crippen LogP contribution in [0.25, 0.3) is 11.4 Å². The van der Waals surface area contributed by atoms with Crippen molar-refractivity contribution in [3.05, 3.63) is 36.0 Å². The Balaban J connectivity index is 1.42. The van der Waals surface area contributed by atoms with Gasteiger partial charge >= 0.3 is 0 Å². The van der Waals surface area contributed by atoms with E-state index in [9.17, 15) is 4.39 Å². The van der Waals surface area contributed by atoms with Crippen LogP contribution in [0.15, 0.2) is 28.8 Å². The zero-order valence-corrected chi connectivity index (χ0v) is 13.7. The zero-order valence-electron chi connectivity index (χ0n) is 13.7. The molecule has 128 valence electrons. The second kappa shape index (κ2) is 6.99. The Hall–Kier alpha value is -1.79. The van der Waals surface area contributed by atoms with Crippen molar-refractivity contribution in [1.82, 2.24) is 15.0 Å². The maximum atomic E-state index is 13.0. The summed E-state index contributed by atoms with van der Waals surface area (Å²) in [4.78, 5) is 7.04. The summed E-state index contributed by atoms with van der Waals surface area (Å²) in [5, 5.41) is 4.07. The van der Waals surface area contributed by atoms with Gasteiger partial charge in [-0.05, 0) is 56.0 Å². The van der Waals surface area contributed by atoms with E-state index in [-0.39, 0.29) is 11.7 Å². The van der Waals surface area contributed by atoms with E-state index in [0.29, 0.717) is 17.6 Å². The molecule has 0 aliphatic carbocycles. The van der Waals surface area contributed by atoms with Crippen LogP contribution in [0.2, 0.25) is 0 Å². The quantitative estimate of drug-likeness (QED) is 0.862. The van der Waals surface area contributed by atoms with Gasteiger partial charge in [0.25, 0.3) is 0 Å². The fourth-order valence-electron chi connectivity index (χ4n) is 3.63. The first-order chi connectivity index (χ1) is 11.8. The number of ether oxygens (including phenoxy) is 1. The Morgan fingerprint density at radius 2 is 2.08 bits per heavy atom. The second-order valence-electron chi connectivity index (χ2n) is 6.79. The third kappa shape index (κ3) is 3.49. The molecule has 0 radical (unpaired) electrons. The van der Waals surface area contributed by atoms with Crippen molar-refractivity contribution in [2.75, 3.05) is 32.8 Å². The van der Waals surface area contributed by atoms with Crippen LogP contribution < -0.4 is 0 Å². The van der Waals surface area contributed by atoms with Gasteiger partial charge in [0.05, 0.1) is 12.5 Å². The van der Waals surface area contributed by atoms with E-state index in [4.69, 9.17) is 9.26 Å². The van der Waals surface area contributed by atoms with Crippen LogP contribution in [0.5, 0.6) is 0 Å². The van der Waals surface area contributed by atoms with Crippen LogP contribution in [-0.4, -0.2) is 47.9 Å². The van der Waals surface area contributed by atoms with Crippen LogP contribution in [0.3, 0.4) is 0 Å². The average molecular weight is 331 g/mol. The Bertz CT molecular complexity index is 667. The minimum atomic E-state index is -0.263. The van der Waals surface area contributed by atoms with Crippen molar-refractivity contribution in [3.8, 4) is 11.4 Å². The van der Waals surface area contributed by atoms with E-state index < -0.39 is 0 Å². The lowest BCUT2D eigenvalue weighted by atomic mass is 9.96. The fraction of sp³-hybridized carbons (Fsp3) is 0.556. The number of nitrogens with zero attached hydrogens (tertiary/aromatic N) is 3. The summed E-state index contributed by atoms with van der Waals surface area (Å²) >= 11 is 0. The van der Waals surface area contributed by atoms with Gasteiger partial charge in [0.1, 0.15) is 5.82 Å². The molecule has 4 rings (SSSR count). The minimum absolute atomic E-state index is 0.263. The van der Waals surface area contributed by atoms with Crippen molar-refractivity contribution < 1.29 is 13.7 Å². The number of aromatic nitrogens is 2. The molecule has 5 nitrogen and oxygen atoms in total.